The maximum atomic E-state index is 2.54. The molecular weight excluding hydrogens is 440 g/mol. The van der Waals surface area contributed by atoms with Gasteiger partial charge in [-0.05, 0) is 62.7 Å². The largest absolute Gasteiger partial charge is 0.135 e. The summed E-state index contributed by atoms with van der Waals surface area (Å²) in [6, 6.07) is 41.2. The van der Waals surface area contributed by atoms with Crippen LogP contribution in [0.4, 0.5) is 0 Å². The van der Waals surface area contributed by atoms with E-state index in [9.17, 15) is 0 Å². The van der Waals surface area contributed by atoms with Crippen LogP contribution >= 0.6 is 11.3 Å². The van der Waals surface area contributed by atoms with Crippen molar-refractivity contribution in [2.75, 3.05) is 0 Å². The van der Waals surface area contributed by atoms with E-state index in [-0.39, 0.29) is 10.8 Å². The lowest BCUT2D eigenvalue weighted by Crippen LogP contribution is -2.40. The molecule has 166 valence electrons. The van der Waals surface area contributed by atoms with Crippen LogP contribution in [0, 0.1) is 0 Å². The van der Waals surface area contributed by atoms with Crippen molar-refractivity contribution < 1.29 is 0 Å². The van der Waals surface area contributed by atoms with Crippen LogP contribution in [0.2, 0.25) is 0 Å². The molecule has 0 bridgehead atoms. The Labute approximate surface area is 209 Å². The average molecular weight is 465 g/mol. The third kappa shape index (κ3) is 2.23. The Morgan fingerprint density at radius 1 is 0.457 bits per heavy atom. The number of hydrogen-bond donors (Lipinski definition) is 0. The lowest BCUT2D eigenvalue weighted by Gasteiger charge is -2.46. The van der Waals surface area contributed by atoms with Crippen molar-refractivity contribution in [3.8, 4) is 11.1 Å². The summed E-state index contributed by atoms with van der Waals surface area (Å²) in [6.07, 6.45) is 0. The van der Waals surface area contributed by atoms with Gasteiger partial charge in [-0.2, -0.15) is 0 Å². The first kappa shape index (κ1) is 19.6. The number of benzene rings is 5. The molecule has 2 aliphatic rings. The molecule has 0 amide bonds. The fourth-order valence-corrected chi connectivity index (χ4v) is 8.19. The Balaban J connectivity index is 1.64. The van der Waals surface area contributed by atoms with Crippen LogP contribution in [0.25, 0.3) is 31.3 Å². The normalized spacial score (nSPS) is 16.2. The molecule has 0 N–H and O–H groups in total. The summed E-state index contributed by atoms with van der Waals surface area (Å²) in [5.74, 6) is 0. The van der Waals surface area contributed by atoms with Crippen LogP contribution in [-0.2, 0) is 10.8 Å². The van der Waals surface area contributed by atoms with Gasteiger partial charge in [-0.3, -0.25) is 0 Å². The van der Waals surface area contributed by atoms with Gasteiger partial charge >= 0.3 is 0 Å². The van der Waals surface area contributed by atoms with Crippen molar-refractivity contribution in [1.82, 2.24) is 0 Å². The fourth-order valence-electron chi connectivity index (χ4n) is 7.06. The van der Waals surface area contributed by atoms with Gasteiger partial charge in [0.15, 0.2) is 0 Å². The highest BCUT2D eigenvalue weighted by atomic mass is 32.1. The lowest BCUT2D eigenvalue weighted by molar-refractivity contribution is 0.564. The smallest absolute Gasteiger partial charge is 0.0719 e. The highest BCUT2D eigenvalue weighted by molar-refractivity contribution is 7.25. The first-order chi connectivity index (χ1) is 17.1. The molecule has 0 unspecified atom stereocenters. The molecule has 35 heavy (non-hydrogen) atoms. The number of thiophene rings is 1. The van der Waals surface area contributed by atoms with Gasteiger partial charge < -0.3 is 0 Å². The van der Waals surface area contributed by atoms with Crippen molar-refractivity contribution >= 4 is 31.5 Å². The monoisotopic (exact) mass is 464 g/mol. The molecule has 6 aromatic rings. The molecule has 1 spiro atoms. The molecule has 0 nitrogen and oxygen atoms in total. The molecule has 0 saturated carbocycles. The number of rotatable bonds is 0. The highest BCUT2D eigenvalue weighted by Crippen LogP contribution is 2.62. The van der Waals surface area contributed by atoms with E-state index in [1.807, 2.05) is 11.3 Å². The fraction of sp³-hybridized carbons (Fsp3) is 0.118. The van der Waals surface area contributed by atoms with Gasteiger partial charge in [0, 0.05) is 25.6 Å². The predicted molar refractivity (Wildman–Crippen MR) is 149 cm³/mol. The SMILES string of the molecule is CC1(C)c2ccccc2C2(c3ccccc3-c3ccccc32)c2cc3c(cc21)sc1ccccc13. The van der Waals surface area contributed by atoms with E-state index in [0.29, 0.717) is 0 Å². The molecule has 0 saturated heterocycles. The molecule has 0 aliphatic heterocycles. The van der Waals surface area contributed by atoms with Gasteiger partial charge in [-0.15, -0.1) is 11.3 Å². The van der Waals surface area contributed by atoms with E-state index >= 15 is 0 Å². The standard InChI is InChI=1S/C34H24S/c1-33(2)27-16-8-9-17-28(27)34(25-14-6-3-11-21(25)22-12-4-7-15-26(22)34)30-19-24-23-13-5-10-18-31(23)35-32(24)20-29(30)33/h3-20H,1-2H3. The summed E-state index contributed by atoms with van der Waals surface area (Å²) in [7, 11) is 0. The summed E-state index contributed by atoms with van der Waals surface area (Å²) in [5, 5.41) is 2.74. The van der Waals surface area contributed by atoms with E-state index < -0.39 is 0 Å². The van der Waals surface area contributed by atoms with E-state index in [4.69, 9.17) is 0 Å². The maximum absolute atomic E-state index is 2.54. The van der Waals surface area contributed by atoms with Crippen molar-refractivity contribution in [1.29, 1.82) is 0 Å². The first-order valence-electron chi connectivity index (χ1n) is 12.4. The minimum Gasteiger partial charge on any atom is -0.135 e. The molecule has 5 aromatic carbocycles. The Bertz CT molecular complexity index is 1790. The third-order valence-corrected chi connectivity index (χ3v) is 9.68. The van der Waals surface area contributed by atoms with Gasteiger partial charge in [-0.25, -0.2) is 0 Å². The van der Waals surface area contributed by atoms with Gasteiger partial charge in [0.25, 0.3) is 0 Å². The summed E-state index contributed by atoms with van der Waals surface area (Å²) >= 11 is 1.92. The maximum Gasteiger partial charge on any atom is 0.0719 e. The van der Waals surface area contributed by atoms with Crippen molar-refractivity contribution in [3.05, 3.63) is 143 Å². The Morgan fingerprint density at radius 2 is 1.03 bits per heavy atom. The zero-order valence-electron chi connectivity index (χ0n) is 19.8. The topological polar surface area (TPSA) is 0 Å². The van der Waals surface area contributed by atoms with Crippen LogP contribution in [0.5, 0.6) is 0 Å². The van der Waals surface area contributed by atoms with Crippen LogP contribution in [-0.4, -0.2) is 0 Å². The zero-order chi connectivity index (χ0) is 23.4. The summed E-state index contributed by atoms with van der Waals surface area (Å²) < 4.78 is 2.74. The molecule has 8 rings (SSSR count). The van der Waals surface area contributed by atoms with E-state index in [2.05, 4.69) is 123 Å². The Hall–Kier alpha value is -3.68. The van der Waals surface area contributed by atoms with Gasteiger partial charge in [-0.1, -0.05) is 105 Å². The molecule has 1 heterocycles. The van der Waals surface area contributed by atoms with E-state index in [1.165, 1.54) is 64.7 Å². The first-order valence-corrected chi connectivity index (χ1v) is 13.2. The minimum absolute atomic E-state index is 0.0893. The second-order valence-electron chi connectivity index (χ2n) is 10.5. The summed E-state index contributed by atoms with van der Waals surface area (Å²) in [4.78, 5) is 0. The van der Waals surface area contributed by atoms with Gasteiger partial charge in [0.1, 0.15) is 0 Å². The molecule has 2 aliphatic carbocycles. The molecule has 1 aromatic heterocycles. The second kappa shape index (κ2) is 6.50. The molecular formula is C34H24S. The Morgan fingerprint density at radius 3 is 1.74 bits per heavy atom. The van der Waals surface area contributed by atoms with Crippen LogP contribution in [0.1, 0.15) is 47.2 Å². The predicted octanol–water partition coefficient (Wildman–Crippen LogP) is 9.06. The zero-order valence-corrected chi connectivity index (χ0v) is 20.6. The molecule has 0 fully saturated rings. The average Bonchev–Trinajstić information content (AvgIpc) is 3.41. The summed E-state index contributed by atoms with van der Waals surface area (Å²) in [5.41, 5.74) is 10.9. The van der Waals surface area contributed by atoms with Crippen LogP contribution in [0.15, 0.2) is 109 Å². The second-order valence-corrected chi connectivity index (χ2v) is 11.6. The molecule has 0 atom stereocenters. The highest BCUT2D eigenvalue weighted by Gasteiger charge is 2.53. The third-order valence-electron chi connectivity index (χ3n) is 8.55. The molecule has 1 heteroatoms. The Kier molecular flexibility index (Phi) is 3.64. The van der Waals surface area contributed by atoms with Gasteiger partial charge in [0.05, 0.1) is 5.41 Å². The summed E-state index contributed by atoms with van der Waals surface area (Å²) in [6.45, 7) is 4.81. The number of fused-ring (bicyclic) bond motifs is 12. The van der Waals surface area contributed by atoms with Crippen molar-refractivity contribution in [2.24, 2.45) is 0 Å². The van der Waals surface area contributed by atoms with Crippen molar-refractivity contribution in [3.63, 3.8) is 0 Å². The van der Waals surface area contributed by atoms with E-state index in [1.54, 1.807) is 0 Å². The van der Waals surface area contributed by atoms with Gasteiger partial charge in [0.2, 0.25) is 0 Å². The van der Waals surface area contributed by atoms with Crippen LogP contribution < -0.4 is 0 Å². The van der Waals surface area contributed by atoms with E-state index in [0.717, 1.165) is 0 Å². The van der Waals surface area contributed by atoms with Crippen molar-refractivity contribution in [2.45, 2.75) is 24.7 Å². The van der Waals surface area contributed by atoms with Crippen LogP contribution in [0.3, 0.4) is 0 Å². The number of hydrogen-bond acceptors (Lipinski definition) is 1. The quantitative estimate of drug-likeness (QED) is 0.210. The lowest BCUT2D eigenvalue weighted by atomic mass is 9.55. The molecule has 0 radical (unpaired) electrons. The minimum atomic E-state index is -0.314.